The van der Waals surface area contributed by atoms with E-state index >= 15 is 0 Å². The normalized spacial score (nSPS) is 11.5. The maximum atomic E-state index is 11.7. The Kier molecular flexibility index (Phi) is 6.49. The third kappa shape index (κ3) is 4.03. The van der Waals surface area contributed by atoms with Crippen LogP contribution in [0.25, 0.3) is 0 Å². The van der Waals surface area contributed by atoms with Gasteiger partial charge in [-0.3, -0.25) is 9.59 Å². The lowest BCUT2D eigenvalue weighted by Gasteiger charge is -2.16. The van der Waals surface area contributed by atoms with Crippen LogP contribution < -0.4 is 14.2 Å². The number of rotatable bonds is 8. The van der Waals surface area contributed by atoms with E-state index in [0.29, 0.717) is 22.8 Å². The Morgan fingerprint density at radius 3 is 2.00 bits per heavy atom. The lowest BCUT2D eigenvalue weighted by molar-refractivity contribution is -0.158. The first kappa shape index (κ1) is 17.6. The van der Waals surface area contributed by atoms with Crippen LogP contribution >= 0.6 is 0 Å². The molecule has 0 radical (unpaired) electrons. The summed E-state index contributed by atoms with van der Waals surface area (Å²) in [5.74, 6) is -2.12. The Morgan fingerprint density at radius 2 is 1.64 bits per heavy atom. The van der Waals surface area contributed by atoms with Crippen LogP contribution in [0.3, 0.4) is 0 Å². The second-order valence-electron chi connectivity index (χ2n) is 4.38. The average Bonchev–Trinajstić information content (AvgIpc) is 2.51. The highest BCUT2D eigenvalue weighted by Crippen LogP contribution is 2.38. The molecule has 0 aromatic heterocycles. The summed E-state index contributed by atoms with van der Waals surface area (Å²) in [7, 11) is 4.39. The van der Waals surface area contributed by atoms with Gasteiger partial charge in [0, 0.05) is 0 Å². The third-order valence-electron chi connectivity index (χ3n) is 3.03. The van der Waals surface area contributed by atoms with E-state index in [1.54, 1.807) is 19.1 Å². The molecule has 0 saturated carbocycles. The number of benzene rings is 1. The molecule has 0 heterocycles. The zero-order valence-electron chi connectivity index (χ0n) is 13.0. The number of methoxy groups -OCH3 is 3. The highest BCUT2D eigenvalue weighted by atomic mass is 16.5. The van der Waals surface area contributed by atoms with Gasteiger partial charge in [0.15, 0.2) is 17.4 Å². The molecule has 0 fully saturated rings. The van der Waals surface area contributed by atoms with E-state index in [1.807, 2.05) is 0 Å². The van der Waals surface area contributed by atoms with Crippen LogP contribution in [0.2, 0.25) is 0 Å². The number of aliphatic carboxylic acids is 1. The molecule has 0 spiro atoms. The van der Waals surface area contributed by atoms with E-state index in [-0.39, 0.29) is 13.0 Å². The fourth-order valence-electron chi connectivity index (χ4n) is 2.00. The van der Waals surface area contributed by atoms with E-state index in [9.17, 15) is 14.7 Å². The minimum Gasteiger partial charge on any atom is -0.493 e. The summed E-state index contributed by atoms with van der Waals surface area (Å²) in [6.07, 6.45) is -0.0368. The molecular weight excluding hydrogens is 292 g/mol. The van der Waals surface area contributed by atoms with Crippen molar-refractivity contribution in [3.63, 3.8) is 0 Å². The van der Waals surface area contributed by atoms with Crippen molar-refractivity contribution >= 4 is 11.9 Å². The molecule has 0 aliphatic carbocycles. The zero-order chi connectivity index (χ0) is 16.7. The van der Waals surface area contributed by atoms with E-state index in [4.69, 9.17) is 18.9 Å². The number of hydrogen-bond donors (Lipinski definition) is 1. The van der Waals surface area contributed by atoms with Crippen LogP contribution in [0, 0.1) is 5.92 Å². The van der Waals surface area contributed by atoms with E-state index in [0.717, 1.165) is 0 Å². The van der Waals surface area contributed by atoms with Crippen molar-refractivity contribution in [3.05, 3.63) is 17.7 Å². The summed E-state index contributed by atoms with van der Waals surface area (Å²) in [6.45, 7) is 1.74. The maximum absolute atomic E-state index is 11.7. The number of hydrogen-bond acceptors (Lipinski definition) is 6. The summed E-state index contributed by atoms with van der Waals surface area (Å²) in [5.41, 5.74) is 0.565. The highest BCUT2D eigenvalue weighted by molar-refractivity contribution is 5.94. The lowest BCUT2D eigenvalue weighted by atomic mass is 9.98. The fourth-order valence-corrected chi connectivity index (χ4v) is 2.00. The van der Waals surface area contributed by atoms with Crippen LogP contribution in [0.4, 0.5) is 0 Å². The number of ether oxygens (including phenoxy) is 4. The second-order valence-corrected chi connectivity index (χ2v) is 4.38. The van der Waals surface area contributed by atoms with Crippen molar-refractivity contribution in [2.45, 2.75) is 13.3 Å². The minimum absolute atomic E-state index is 0.0368. The molecule has 1 unspecified atom stereocenters. The molecule has 0 amide bonds. The average molecular weight is 312 g/mol. The van der Waals surface area contributed by atoms with Crippen molar-refractivity contribution in [2.75, 3.05) is 27.9 Å². The van der Waals surface area contributed by atoms with Crippen LogP contribution in [0.5, 0.6) is 17.2 Å². The Bertz CT molecular complexity index is 514. The topological polar surface area (TPSA) is 91.3 Å². The first-order valence-corrected chi connectivity index (χ1v) is 6.66. The van der Waals surface area contributed by atoms with Crippen LogP contribution in [-0.4, -0.2) is 45.0 Å². The van der Waals surface area contributed by atoms with Gasteiger partial charge < -0.3 is 24.1 Å². The Morgan fingerprint density at radius 1 is 1.09 bits per heavy atom. The molecule has 1 atom stereocenters. The molecule has 1 aromatic rings. The Balaban J connectivity index is 3.14. The molecule has 7 nitrogen and oxygen atoms in total. The monoisotopic (exact) mass is 312 g/mol. The molecule has 0 aliphatic heterocycles. The molecule has 1 rings (SSSR count). The van der Waals surface area contributed by atoms with E-state index in [2.05, 4.69) is 0 Å². The number of carboxylic acids is 1. The molecule has 0 bridgehead atoms. The van der Waals surface area contributed by atoms with E-state index in [1.165, 1.54) is 21.3 Å². The van der Waals surface area contributed by atoms with Gasteiger partial charge in [-0.15, -0.1) is 0 Å². The largest absolute Gasteiger partial charge is 0.493 e. The van der Waals surface area contributed by atoms with Crippen LogP contribution in [-0.2, 0) is 20.7 Å². The SMILES string of the molecule is CCOC(=O)C(Cc1cc(OC)c(OC)c(OC)c1)C(=O)O. The summed E-state index contributed by atoms with van der Waals surface area (Å²) in [4.78, 5) is 23.0. The summed E-state index contributed by atoms with van der Waals surface area (Å²) < 4.78 is 20.4. The third-order valence-corrected chi connectivity index (χ3v) is 3.03. The summed E-state index contributed by atoms with van der Waals surface area (Å²) in [6, 6.07) is 3.22. The van der Waals surface area contributed by atoms with Crippen LogP contribution in [0.1, 0.15) is 12.5 Å². The Hall–Kier alpha value is -2.44. The molecule has 1 N–H and O–H groups in total. The molecule has 1 aromatic carbocycles. The maximum Gasteiger partial charge on any atom is 0.320 e. The minimum atomic E-state index is -1.29. The van der Waals surface area contributed by atoms with Crippen molar-refractivity contribution < 1.29 is 33.6 Å². The van der Waals surface area contributed by atoms with Gasteiger partial charge in [-0.1, -0.05) is 0 Å². The van der Waals surface area contributed by atoms with Gasteiger partial charge in [0.2, 0.25) is 5.75 Å². The van der Waals surface area contributed by atoms with E-state index < -0.39 is 17.9 Å². The standard InChI is InChI=1S/C15H20O7/c1-5-22-15(18)10(14(16)17)6-9-7-11(19-2)13(21-4)12(8-9)20-3/h7-8,10H,5-6H2,1-4H3,(H,16,17). The highest BCUT2D eigenvalue weighted by Gasteiger charge is 2.29. The Labute approximate surface area is 128 Å². The number of carbonyl (C=O) groups is 2. The number of esters is 1. The molecule has 0 saturated heterocycles. The molecule has 122 valence electrons. The zero-order valence-corrected chi connectivity index (χ0v) is 13.0. The molecule has 7 heteroatoms. The van der Waals surface area contributed by atoms with Gasteiger partial charge in [-0.25, -0.2) is 0 Å². The summed E-state index contributed by atoms with van der Waals surface area (Å²) >= 11 is 0. The molecule has 22 heavy (non-hydrogen) atoms. The van der Waals surface area contributed by atoms with Crippen molar-refractivity contribution in [2.24, 2.45) is 5.92 Å². The van der Waals surface area contributed by atoms with Crippen molar-refractivity contribution in [1.82, 2.24) is 0 Å². The predicted octanol–water partition coefficient (Wildman–Crippen LogP) is 1.52. The van der Waals surface area contributed by atoms with Gasteiger partial charge >= 0.3 is 11.9 Å². The van der Waals surface area contributed by atoms with Crippen molar-refractivity contribution in [1.29, 1.82) is 0 Å². The smallest absolute Gasteiger partial charge is 0.320 e. The molecule has 0 aliphatic rings. The van der Waals surface area contributed by atoms with Crippen molar-refractivity contribution in [3.8, 4) is 17.2 Å². The first-order chi connectivity index (χ1) is 10.5. The fraction of sp³-hybridized carbons (Fsp3) is 0.467. The summed E-state index contributed by atoms with van der Waals surface area (Å²) in [5, 5.41) is 9.20. The predicted molar refractivity (Wildman–Crippen MR) is 77.6 cm³/mol. The number of carbonyl (C=O) groups excluding carboxylic acids is 1. The van der Waals surface area contributed by atoms with Gasteiger partial charge in [-0.05, 0) is 31.0 Å². The molecular formula is C15H20O7. The van der Waals surface area contributed by atoms with Gasteiger partial charge in [0.1, 0.15) is 0 Å². The van der Waals surface area contributed by atoms with Gasteiger partial charge in [0.25, 0.3) is 0 Å². The van der Waals surface area contributed by atoms with Crippen LogP contribution in [0.15, 0.2) is 12.1 Å². The lowest BCUT2D eigenvalue weighted by Crippen LogP contribution is -2.28. The van der Waals surface area contributed by atoms with Gasteiger partial charge in [0.05, 0.1) is 27.9 Å². The van der Waals surface area contributed by atoms with Gasteiger partial charge in [-0.2, -0.15) is 0 Å². The number of carboxylic acid groups (broad SMARTS) is 1. The first-order valence-electron chi connectivity index (χ1n) is 6.66. The second kappa shape index (κ2) is 8.11. The quantitative estimate of drug-likeness (QED) is 0.574.